The molecule has 0 saturated heterocycles. The molecule has 1 aliphatic rings. The van der Waals surface area contributed by atoms with Crippen LogP contribution in [-0.4, -0.2) is 29.1 Å². The van der Waals surface area contributed by atoms with Gasteiger partial charge in [-0.15, -0.1) is 0 Å². The molecule has 1 aromatic rings. The highest BCUT2D eigenvalue weighted by atomic mass is 19.4. The standard InChI is InChI=1S/C11H15F3N4/c1-18(8-4-2-3-7(8)15)10-6-16-9(5-17-10)11(12,13)14/h5-8H,2-4,15H2,1H3/t7-,8-/m0/s1. The van der Waals surface area contributed by atoms with Crippen molar-refractivity contribution in [2.24, 2.45) is 5.73 Å². The van der Waals surface area contributed by atoms with Gasteiger partial charge in [0.25, 0.3) is 0 Å². The van der Waals surface area contributed by atoms with E-state index in [0.717, 1.165) is 31.7 Å². The lowest BCUT2D eigenvalue weighted by atomic mass is 10.1. The van der Waals surface area contributed by atoms with Gasteiger partial charge in [-0.25, -0.2) is 9.97 Å². The molecule has 0 bridgehead atoms. The lowest BCUT2D eigenvalue weighted by Gasteiger charge is -2.28. The summed E-state index contributed by atoms with van der Waals surface area (Å²) in [6, 6.07) is 0.162. The molecular weight excluding hydrogens is 245 g/mol. The zero-order chi connectivity index (χ0) is 13.3. The highest BCUT2D eigenvalue weighted by molar-refractivity contribution is 5.37. The van der Waals surface area contributed by atoms with Gasteiger partial charge in [-0.3, -0.25) is 0 Å². The third-order valence-corrected chi connectivity index (χ3v) is 3.32. The molecule has 7 heteroatoms. The number of hydrogen-bond acceptors (Lipinski definition) is 4. The van der Waals surface area contributed by atoms with Crippen LogP contribution in [0.2, 0.25) is 0 Å². The van der Waals surface area contributed by atoms with Gasteiger partial charge in [0, 0.05) is 19.1 Å². The summed E-state index contributed by atoms with van der Waals surface area (Å²) in [5.41, 5.74) is 4.97. The summed E-state index contributed by atoms with van der Waals surface area (Å²) in [5, 5.41) is 0. The molecule has 2 rings (SSSR count). The maximum atomic E-state index is 12.3. The van der Waals surface area contributed by atoms with Crippen LogP contribution in [0.3, 0.4) is 0 Å². The SMILES string of the molecule is CN(c1cnc(C(F)(F)F)cn1)[C@H]1CCC[C@@H]1N. The first-order chi connectivity index (χ1) is 8.39. The largest absolute Gasteiger partial charge is 0.434 e. The average Bonchev–Trinajstić information content (AvgIpc) is 2.73. The third-order valence-electron chi connectivity index (χ3n) is 3.32. The molecule has 2 atom stereocenters. The number of hydrogen-bond donors (Lipinski definition) is 1. The van der Waals surface area contributed by atoms with Crippen molar-refractivity contribution in [1.82, 2.24) is 9.97 Å². The highest BCUT2D eigenvalue weighted by Gasteiger charge is 2.33. The molecule has 0 unspecified atom stereocenters. The van der Waals surface area contributed by atoms with Crippen LogP contribution in [0.5, 0.6) is 0 Å². The number of nitrogens with two attached hydrogens (primary N) is 1. The summed E-state index contributed by atoms with van der Waals surface area (Å²) in [4.78, 5) is 9.02. The Morgan fingerprint density at radius 1 is 1.28 bits per heavy atom. The van der Waals surface area contributed by atoms with E-state index >= 15 is 0 Å². The third kappa shape index (κ3) is 2.55. The molecule has 0 aliphatic heterocycles. The second-order valence-electron chi connectivity index (χ2n) is 4.53. The summed E-state index contributed by atoms with van der Waals surface area (Å²) in [6.07, 6.45) is 0.349. The second kappa shape index (κ2) is 4.72. The zero-order valence-corrected chi connectivity index (χ0v) is 9.98. The van der Waals surface area contributed by atoms with Gasteiger partial charge in [-0.1, -0.05) is 0 Å². The number of halogens is 3. The fraction of sp³-hybridized carbons (Fsp3) is 0.636. The fourth-order valence-electron chi connectivity index (χ4n) is 2.27. The minimum absolute atomic E-state index is 0.0408. The first kappa shape index (κ1) is 13.1. The van der Waals surface area contributed by atoms with Crippen molar-refractivity contribution in [3.05, 3.63) is 18.1 Å². The number of nitrogens with zero attached hydrogens (tertiary/aromatic N) is 3. The number of rotatable bonds is 2. The Morgan fingerprint density at radius 2 is 2.00 bits per heavy atom. The minimum atomic E-state index is -4.45. The van der Waals surface area contributed by atoms with E-state index in [1.54, 1.807) is 7.05 Å². The minimum Gasteiger partial charge on any atom is -0.354 e. The van der Waals surface area contributed by atoms with Crippen LogP contribution in [0.25, 0.3) is 0 Å². The van der Waals surface area contributed by atoms with Crippen molar-refractivity contribution in [3.63, 3.8) is 0 Å². The average molecular weight is 260 g/mol. The topological polar surface area (TPSA) is 55.0 Å². The van der Waals surface area contributed by atoms with Crippen molar-refractivity contribution in [3.8, 4) is 0 Å². The van der Waals surface area contributed by atoms with Gasteiger partial charge in [0.2, 0.25) is 0 Å². The van der Waals surface area contributed by atoms with Crippen LogP contribution in [0.15, 0.2) is 12.4 Å². The smallest absolute Gasteiger partial charge is 0.354 e. The molecular formula is C11H15F3N4. The molecule has 1 fully saturated rings. The predicted octanol–water partition coefficient (Wildman–Crippen LogP) is 1.81. The quantitative estimate of drug-likeness (QED) is 0.881. The lowest BCUT2D eigenvalue weighted by molar-refractivity contribution is -0.141. The maximum Gasteiger partial charge on any atom is 0.434 e. The number of anilines is 1. The Balaban J connectivity index is 2.14. The Morgan fingerprint density at radius 3 is 2.44 bits per heavy atom. The van der Waals surface area contributed by atoms with Gasteiger partial charge in [0.1, 0.15) is 5.82 Å². The van der Waals surface area contributed by atoms with Crippen LogP contribution in [0, 0.1) is 0 Å². The Hall–Kier alpha value is -1.37. The molecule has 0 aromatic carbocycles. The summed E-state index contributed by atoms with van der Waals surface area (Å²) in [5.74, 6) is 0.422. The van der Waals surface area contributed by atoms with Crippen LogP contribution < -0.4 is 10.6 Å². The van der Waals surface area contributed by atoms with E-state index in [-0.39, 0.29) is 12.1 Å². The molecule has 1 aromatic heterocycles. The molecule has 1 heterocycles. The van der Waals surface area contributed by atoms with Gasteiger partial charge >= 0.3 is 6.18 Å². The number of alkyl halides is 3. The molecule has 0 amide bonds. The predicted molar refractivity (Wildman–Crippen MR) is 61.1 cm³/mol. The highest BCUT2D eigenvalue weighted by Crippen LogP contribution is 2.29. The Kier molecular flexibility index (Phi) is 3.43. The molecule has 18 heavy (non-hydrogen) atoms. The fourth-order valence-corrected chi connectivity index (χ4v) is 2.27. The molecule has 2 N–H and O–H groups in total. The van der Waals surface area contributed by atoms with Crippen LogP contribution in [-0.2, 0) is 6.18 Å². The van der Waals surface area contributed by atoms with E-state index in [1.807, 2.05) is 4.90 Å². The maximum absolute atomic E-state index is 12.3. The van der Waals surface area contributed by atoms with E-state index in [4.69, 9.17) is 5.73 Å². The van der Waals surface area contributed by atoms with E-state index < -0.39 is 11.9 Å². The van der Waals surface area contributed by atoms with E-state index in [1.165, 1.54) is 0 Å². The lowest BCUT2D eigenvalue weighted by Crippen LogP contribution is -2.42. The second-order valence-corrected chi connectivity index (χ2v) is 4.53. The van der Waals surface area contributed by atoms with Crippen LogP contribution in [0.4, 0.5) is 19.0 Å². The molecule has 0 radical (unpaired) electrons. The van der Waals surface area contributed by atoms with Gasteiger partial charge in [0.15, 0.2) is 5.69 Å². The van der Waals surface area contributed by atoms with Crippen molar-refractivity contribution in [1.29, 1.82) is 0 Å². The van der Waals surface area contributed by atoms with E-state index in [2.05, 4.69) is 9.97 Å². The Labute approximate surface area is 103 Å². The Bertz CT molecular complexity index is 404. The van der Waals surface area contributed by atoms with Crippen molar-refractivity contribution in [2.45, 2.75) is 37.5 Å². The van der Waals surface area contributed by atoms with Crippen molar-refractivity contribution in [2.75, 3.05) is 11.9 Å². The number of likely N-dealkylation sites (N-methyl/N-ethyl adjacent to an activating group) is 1. The first-order valence-electron chi connectivity index (χ1n) is 5.77. The summed E-state index contributed by atoms with van der Waals surface area (Å²) in [7, 11) is 1.78. The normalized spacial score (nSPS) is 24.3. The van der Waals surface area contributed by atoms with Gasteiger partial charge in [0.05, 0.1) is 12.4 Å². The van der Waals surface area contributed by atoms with Gasteiger partial charge < -0.3 is 10.6 Å². The van der Waals surface area contributed by atoms with Crippen molar-refractivity contribution >= 4 is 5.82 Å². The van der Waals surface area contributed by atoms with Gasteiger partial charge in [-0.05, 0) is 19.3 Å². The molecule has 1 saturated carbocycles. The monoisotopic (exact) mass is 260 g/mol. The molecule has 0 spiro atoms. The van der Waals surface area contributed by atoms with Gasteiger partial charge in [-0.2, -0.15) is 13.2 Å². The van der Waals surface area contributed by atoms with Crippen LogP contribution >= 0.6 is 0 Å². The van der Waals surface area contributed by atoms with E-state index in [0.29, 0.717) is 5.82 Å². The summed E-state index contributed by atoms with van der Waals surface area (Å²) < 4.78 is 37.0. The molecule has 100 valence electrons. The number of aromatic nitrogens is 2. The molecule has 1 aliphatic carbocycles. The summed E-state index contributed by atoms with van der Waals surface area (Å²) in [6.45, 7) is 0. The zero-order valence-electron chi connectivity index (χ0n) is 9.98. The molecule has 4 nitrogen and oxygen atoms in total. The first-order valence-corrected chi connectivity index (χ1v) is 5.77. The van der Waals surface area contributed by atoms with E-state index in [9.17, 15) is 13.2 Å². The summed E-state index contributed by atoms with van der Waals surface area (Å²) >= 11 is 0. The van der Waals surface area contributed by atoms with Crippen LogP contribution in [0.1, 0.15) is 25.0 Å². The van der Waals surface area contributed by atoms with Crippen molar-refractivity contribution < 1.29 is 13.2 Å².